The smallest absolute Gasteiger partial charge is 0.256 e. The molecule has 1 atom stereocenters. The highest BCUT2D eigenvalue weighted by molar-refractivity contribution is 6.00. The molecule has 5 nitrogen and oxygen atoms in total. The largest absolute Gasteiger partial charge is 0.371 e. The van der Waals surface area contributed by atoms with Gasteiger partial charge in [-0.3, -0.25) is 9.59 Å². The summed E-state index contributed by atoms with van der Waals surface area (Å²) in [5, 5.41) is 3.14. The van der Waals surface area contributed by atoms with Crippen molar-refractivity contribution in [3.63, 3.8) is 0 Å². The third-order valence-electron chi connectivity index (χ3n) is 5.90. The van der Waals surface area contributed by atoms with Crippen LogP contribution in [0.1, 0.15) is 63.2 Å². The average Bonchev–Trinajstić information content (AvgIpc) is 2.68. The zero-order valence-corrected chi connectivity index (χ0v) is 16.9. The van der Waals surface area contributed by atoms with E-state index in [-0.39, 0.29) is 23.8 Å². The number of amides is 2. The van der Waals surface area contributed by atoms with Crippen LogP contribution in [0.4, 0.5) is 5.69 Å². The van der Waals surface area contributed by atoms with Crippen molar-refractivity contribution in [3.8, 4) is 0 Å². The summed E-state index contributed by atoms with van der Waals surface area (Å²) in [6.07, 6.45) is 5.23. The monoisotopic (exact) mass is 371 g/mol. The number of carbonyl (C=O) groups is 2. The third kappa shape index (κ3) is 4.63. The highest BCUT2D eigenvalue weighted by atomic mass is 16.2. The molecule has 3 rings (SSSR count). The quantitative estimate of drug-likeness (QED) is 0.882. The predicted molar refractivity (Wildman–Crippen MR) is 109 cm³/mol. The maximum absolute atomic E-state index is 13.2. The van der Waals surface area contributed by atoms with E-state index < -0.39 is 0 Å². The van der Waals surface area contributed by atoms with Crippen molar-refractivity contribution >= 4 is 17.5 Å². The predicted octanol–water partition coefficient (Wildman–Crippen LogP) is 3.44. The topological polar surface area (TPSA) is 52.7 Å². The second kappa shape index (κ2) is 8.77. The summed E-state index contributed by atoms with van der Waals surface area (Å²) in [5.41, 5.74) is 1.85. The number of carbonyl (C=O) groups excluding carboxylic acids is 2. The number of piperidine rings is 2. The molecule has 27 heavy (non-hydrogen) atoms. The van der Waals surface area contributed by atoms with Crippen LogP contribution in [0.15, 0.2) is 24.3 Å². The van der Waals surface area contributed by atoms with E-state index in [4.69, 9.17) is 0 Å². The van der Waals surface area contributed by atoms with Crippen LogP contribution in [0.3, 0.4) is 0 Å². The number of benzene rings is 1. The number of anilines is 1. The van der Waals surface area contributed by atoms with Crippen LogP contribution >= 0.6 is 0 Å². The summed E-state index contributed by atoms with van der Waals surface area (Å²) in [7, 11) is 0. The zero-order valence-electron chi connectivity index (χ0n) is 16.9. The Morgan fingerprint density at radius 2 is 1.74 bits per heavy atom. The molecule has 1 aromatic carbocycles. The maximum atomic E-state index is 13.2. The number of hydrogen-bond acceptors (Lipinski definition) is 3. The second-order valence-electron chi connectivity index (χ2n) is 8.29. The minimum absolute atomic E-state index is 0.0212. The number of hydrogen-bond donors (Lipinski definition) is 1. The molecule has 2 heterocycles. The van der Waals surface area contributed by atoms with Crippen molar-refractivity contribution in [3.05, 3.63) is 29.8 Å². The van der Waals surface area contributed by atoms with Crippen LogP contribution in [0.5, 0.6) is 0 Å². The zero-order chi connectivity index (χ0) is 19.4. The van der Waals surface area contributed by atoms with Gasteiger partial charge in [-0.1, -0.05) is 26.0 Å². The Morgan fingerprint density at radius 1 is 1.04 bits per heavy atom. The van der Waals surface area contributed by atoms with Crippen LogP contribution in [0.2, 0.25) is 0 Å². The number of para-hydroxylation sites is 1. The Bertz CT molecular complexity index is 665. The summed E-state index contributed by atoms with van der Waals surface area (Å²) in [6, 6.07) is 8.55. The second-order valence-corrected chi connectivity index (χ2v) is 8.29. The van der Waals surface area contributed by atoms with Gasteiger partial charge >= 0.3 is 0 Å². The van der Waals surface area contributed by atoms with Gasteiger partial charge in [0.05, 0.1) is 5.56 Å². The van der Waals surface area contributed by atoms with Gasteiger partial charge in [0.1, 0.15) is 0 Å². The third-order valence-corrected chi connectivity index (χ3v) is 5.90. The minimum Gasteiger partial charge on any atom is -0.371 e. The fourth-order valence-electron chi connectivity index (χ4n) is 4.12. The molecule has 2 aliphatic heterocycles. The number of rotatable bonds is 4. The molecule has 0 bridgehead atoms. The Balaban J connectivity index is 1.68. The van der Waals surface area contributed by atoms with Crippen molar-refractivity contribution < 1.29 is 9.59 Å². The molecule has 148 valence electrons. The standard InChI is InChI=1S/C22H33N3O2/c1-16(2)21(26)23-18-11-14-24(15-12-18)20-10-5-4-9-19(20)22(27)25-13-7-6-8-17(25)3/h4-5,9-10,16-18H,6-8,11-15H2,1-3H3,(H,23,26)/t17-/m1/s1. The molecule has 1 N–H and O–H groups in total. The number of nitrogens with zero attached hydrogens (tertiary/aromatic N) is 2. The Hall–Kier alpha value is -2.04. The summed E-state index contributed by atoms with van der Waals surface area (Å²) >= 11 is 0. The maximum Gasteiger partial charge on any atom is 0.256 e. The minimum atomic E-state index is 0.0212. The lowest BCUT2D eigenvalue weighted by atomic mass is 9.99. The molecular weight excluding hydrogens is 338 g/mol. The Morgan fingerprint density at radius 3 is 2.41 bits per heavy atom. The van der Waals surface area contributed by atoms with Gasteiger partial charge < -0.3 is 15.1 Å². The van der Waals surface area contributed by atoms with Gasteiger partial charge in [0, 0.05) is 43.3 Å². The molecule has 0 aromatic heterocycles. The first kappa shape index (κ1) is 19.7. The van der Waals surface area contributed by atoms with Crippen LogP contribution in [0.25, 0.3) is 0 Å². The van der Waals surface area contributed by atoms with Crippen molar-refractivity contribution in [1.82, 2.24) is 10.2 Å². The molecule has 0 aliphatic carbocycles. The van der Waals surface area contributed by atoms with E-state index in [0.717, 1.165) is 56.6 Å². The van der Waals surface area contributed by atoms with Crippen LogP contribution in [0, 0.1) is 5.92 Å². The highest BCUT2D eigenvalue weighted by Gasteiger charge is 2.28. The molecule has 2 amide bonds. The van der Waals surface area contributed by atoms with Crippen molar-refractivity contribution in [2.75, 3.05) is 24.5 Å². The molecule has 0 unspecified atom stereocenters. The lowest BCUT2D eigenvalue weighted by molar-refractivity contribution is -0.124. The Kier molecular flexibility index (Phi) is 6.40. The van der Waals surface area contributed by atoms with Crippen LogP contribution in [-0.4, -0.2) is 48.4 Å². The first-order valence-corrected chi connectivity index (χ1v) is 10.4. The van der Waals surface area contributed by atoms with E-state index in [1.165, 1.54) is 6.42 Å². The van der Waals surface area contributed by atoms with Crippen molar-refractivity contribution in [2.24, 2.45) is 5.92 Å². The molecule has 2 saturated heterocycles. The fourth-order valence-corrected chi connectivity index (χ4v) is 4.12. The summed E-state index contributed by atoms with van der Waals surface area (Å²) < 4.78 is 0. The van der Waals surface area contributed by atoms with E-state index in [1.54, 1.807) is 0 Å². The molecular formula is C22H33N3O2. The van der Waals surface area contributed by atoms with E-state index in [9.17, 15) is 9.59 Å². The first-order valence-electron chi connectivity index (χ1n) is 10.4. The van der Waals surface area contributed by atoms with Gasteiger partial charge in [0.2, 0.25) is 5.91 Å². The van der Waals surface area contributed by atoms with Crippen LogP contribution in [-0.2, 0) is 4.79 Å². The van der Waals surface area contributed by atoms with Gasteiger partial charge in [-0.25, -0.2) is 0 Å². The SMILES string of the molecule is CC(C)C(=O)NC1CCN(c2ccccc2C(=O)N2CCCC[C@H]2C)CC1. The molecule has 2 fully saturated rings. The average molecular weight is 372 g/mol. The van der Waals surface area contributed by atoms with Crippen LogP contribution < -0.4 is 10.2 Å². The van der Waals surface area contributed by atoms with Gasteiger partial charge in [-0.15, -0.1) is 0 Å². The number of nitrogens with one attached hydrogen (secondary N) is 1. The van der Waals surface area contributed by atoms with Gasteiger partial charge in [-0.2, -0.15) is 0 Å². The molecule has 0 saturated carbocycles. The summed E-state index contributed by atoms with van der Waals surface area (Å²) in [6.45, 7) is 8.59. The lowest BCUT2D eigenvalue weighted by Gasteiger charge is -2.37. The molecule has 5 heteroatoms. The fraction of sp³-hybridized carbons (Fsp3) is 0.636. The van der Waals surface area contributed by atoms with E-state index in [2.05, 4.69) is 23.2 Å². The highest BCUT2D eigenvalue weighted by Crippen LogP contribution is 2.28. The van der Waals surface area contributed by atoms with E-state index >= 15 is 0 Å². The number of likely N-dealkylation sites (tertiary alicyclic amines) is 1. The van der Waals surface area contributed by atoms with E-state index in [0.29, 0.717) is 6.04 Å². The molecule has 2 aliphatic rings. The van der Waals surface area contributed by atoms with Crippen molar-refractivity contribution in [1.29, 1.82) is 0 Å². The van der Waals surface area contributed by atoms with Gasteiger partial charge in [0.25, 0.3) is 5.91 Å². The Labute approximate surface area is 163 Å². The van der Waals surface area contributed by atoms with Gasteiger partial charge in [-0.05, 0) is 51.2 Å². The lowest BCUT2D eigenvalue weighted by Crippen LogP contribution is -2.46. The van der Waals surface area contributed by atoms with Crippen molar-refractivity contribution in [2.45, 2.75) is 65.0 Å². The molecule has 0 spiro atoms. The van der Waals surface area contributed by atoms with Gasteiger partial charge in [0.15, 0.2) is 0 Å². The summed E-state index contributed by atoms with van der Waals surface area (Å²) in [4.78, 5) is 29.5. The first-order chi connectivity index (χ1) is 13.0. The molecule has 0 radical (unpaired) electrons. The summed E-state index contributed by atoms with van der Waals surface area (Å²) in [5.74, 6) is 0.309. The van der Waals surface area contributed by atoms with E-state index in [1.807, 2.05) is 36.9 Å². The normalized spacial score (nSPS) is 21.4. The molecule has 1 aromatic rings.